The van der Waals surface area contributed by atoms with Crippen molar-refractivity contribution in [1.29, 1.82) is 0 Å². The molecule has 4 unspecified atom stereocenters. The van der Waals surface area contributed by atoms with E-state index in [1.54, 1.807) is 0 Å². The van der Waals surface area contributed by atoms with Crippen LogP contribution >= 0.6 is 0 Å². The smallest absolute Gasteiger partial charge is 0.173 e. The maximum absolute atomic E-state index is 6.74. The first-order chi connectivity index (χ1) is 23.1. The standard InChI is InChI=1S/C44H86O3/c1-5-9-11-13-19-25-31-41(7-3)33-27-21-15-17-23-29-35-43(37-39-45-43)47-44(38-40-46-44)36-30-24-18-16-22-28-34-42(8-4)32-26-20-14-12-10-6-2/h41-42H,5-40H2,1-4H3. The molecule has 0 saturated carbocycles. The van der Waals surface area contributed by atoms with Crippen LogP contribution in [-0.2, 0) is 14.2 Å². The Labute approximate surface area is 296 Å². The van der Waals surface area contributed by atoms with Gasteiger partial charge in [-0.05, 0) is 24.7 Å². The maximum atomic E-state index is 6.74. The van der Waals surface area contributed by atoms with Gasteiger partial charge in [0.1, 0.15) is 0 Å². The second-order valence-corrected chi connectivity index (χ2v) is 16.1. The molecule has 0 aromatic carbocycles. The fourth-order valence-electron chi connectivity index (χ4n) is 8.26. The normalized spacial score (nSPS) is 22.2. The van der Waals surface area contributed by atoms with E-state index in [1.165, 1.54) is 193 Å². The molecule has 4 atom stereocenters. The number of rotatable bonds is 36. The molecule has 2 rings (SSSR count). The van der Waals surface area contributed by atoms with E-state index in [0.717, 1.165) is 50.7 Å². The van der Waals surface area contributed by atoms with Crippen LogP contribution in [0.4, 0.5) is 0 Å². The summed E-state index contributed by atoms with van der Waals surface area (Å²) in [6.45, 7) is 11.1. The zero-order chi connectivity index (χ0) is 33.7. The van der Waals surface area contributed by atoms with E-state index in [9.17, 15) is 0 Å². The molecule has 2 fully saturated rings. The Hall–Kier alpha value is -0.120. The van der Waals surface area contributed by atoms with Gasteiger partial charge in [0.05, 0.1) is 13.2 Å². The van der Waals surface area contributed by atoms with Crippen LogP contribution < -0.4 is 0 Å². The van der Waals surface area contributed by atoms with E-state index >= 15 is 0 Å². The van der Waals surface area contributed by atoms with E-state index < -0.39 is 0 Å². The Morgan fingerprint density at radius 2 is 0.681 bits per heavy atom. The van der Waals surface area contributed by atoms with Gasteiger partial charge < -0.3 is 14.2 Å². The Kier molecular flexibility index (Phi) is 26.2. The van der Waals surface area contributed by atoms with Crippen LogP contribution in [0.3, 0.4) is 0 Å². The molecule has 0 N–H and O–H groups in total. The summed E-state index contributed by atoms with van der Waals surface area (Å²) in [5.74, 6) is 1.24. The van der Waals surface area contributed by atoms with Gasteiger partial charge in [-0.3, -0.25) is 0 Å². The van der Waals surface area contributed by atoms with E-state index in [2.05, 4.69) is 27.7 Å². The summed E-state index contributed by atoms with van der Waals surface area (Å²) in [5, 5.41) is 0. The molecule has 2 saturated heterocycles. The number of unbranched alkanes of at least 4 members (excludes halogenated alkanes) is 20. The number of hydrogen-bond donors (Lipinski definition) is 0. The lowest BCUT2D eigenvalue weighted by Crippen LogP contribution is -2.57. The SMILES string of the molecule is CCCCCCCCC(CC)CCCCCCCCC1(OC2(CCCCCCCCC(CC)CCCCCCCC)CCO2)CCO1. The van der Waals surface area contributed by atoms with Crippen molar-refractivity contribution in [2.45, 2.75) is 258 Å². The summed E-state index contributed by atoms with van der Waals surface area (Å²) >= 11 is 0. The molecule has 0 amide bonds. The fraction of sp³-hybridized carbons (Fsp3) is 1.00. The lowest BCUT2D eigenvalue weighted by atomic mass is 9.92. The minimum atomic E-state index is -0.351. The first-order valence-electron chi connectivity index (χ1n) is 22.1. The lowest BCUT2D eigenvalue weighted by Gasteiger charge is -2.51. The van der Waals surface area contributed by atoms with Gasteiger partial charge in [-0.2, -0.15) is 0 Å². The highest BCUT2D eigenvalue weighted by atomic mass is 16.8. The van der Waals surface area contributed by atoms with Gasteiger partial charge in [-0.25, -0.2) is 0 Å². The quantitative estimate of drug-likeness (QED) is 0.0625. The fourth-order valence-corrected chi connectivity index (χ4v) is 8.26. The van der Waals surface area contributed by atoms with Crippen molar-refractivity contribution in [3.63, 3.8) is 0 Å². The minimum absolute atomic E-state index is 0.351. The van der Waals surface area contributed by atoms with Gasteiger partial charge in [0, 0.05) is 25.7 Å². The largest absolute Gasteiger partial charge is 0.349 e. The highest BCUT2D eigenvalue weighted by Gasteiger charge is 2.50. The Morgan fingerprint density at radius 1 is 0.404 bits per heavy atom. The van der Waals surface area contributed by atoms with Crippen molar-refractivity contribution < 1.29 is 14.2 Å². The van der Waals surface area contributed by atoms with E-state index in [-0.39, 0.29) is 11.6 Å². The molecule has 0 radical (unpaired) electrons. The third kappa shape index (κ3) is 20.4. The van der Waals surface area contributed by atoms with Gasteiger partial charge in [0.15, 0.2) is 11.6 Å². The van der Waals surface area contributed by atoms with Crippen molar-refractivity contribution in [2.75, 3.05) is 13.2 Å². The lowest BCUT2D eigenvalue weighted by molar-refractivity contribution is -0.432. The van der Waals surface area contributed by atoms with Crippen molar-refractivity contribution >= 4 is 0 Å². The van der Waals surface area contributed by atoms with Crippen LogP contribution in [0, 0.1) is 11.8 Å². The van der Waals surface area contributed by atoms with Crippen molar-refractivity contribution in [2.24, 2.45) is 11.8 Å². The van der Waals surface area contributed by atoms with Gasteiger partial charge >= 0.3 is 0 Å². The van der Waals surface area contributed by atoms with E-state index in [4.69, 9.17) is 14.2 Å². The predicted molar refractivity (Wildman–Crippen MR) is 205 cm³/mol. The van der Waals surface area contributed by atoms with Gasteiger partial charge in [0.2, 0.25) is 0 Å². The summed E-state index contributed by atoms with van der Waals surface area (Å²) in [5.41, 5.74) is 0. The molecule has 280 valence electrons. The highest BCUT2D eigenvalue weighted by Crippen LogP contribution is 2.44. The minimum Gasteiger partial charge on any atom is -0.349 e. The van der Waals surface area contributed by atoms with E-state index in [0.29, 0.717) is 0 Å². The Morgan fingerprint density at radius 3 is 0.936 bits per heavy atom. The number of hydrogen-bond acceptors (Lipinski definition) is 3. The molecule has 0 aliphatic carbocycles. The first-order valence-corrected chi connectivity index (χ1v) is 22.1. The van der Waals surface area contributed by atoms with Crippen LogP contribution in [0.5, 0.6) is 0 Å². The molecule has 3 nitrogen and oxygen atoms in total. The molecular formula is C44H86O3. The second-order valence-electron chi connectivity index (χ2n) is 16.1. The van der Waals surface area contributed by atoms with Crippen LogP contribution in [-0.4, -0.2) is 24.8 Å². The summed E-state index contributed by atoms with van der Waals surface area (Å²) in [4.78, 5) is 0. The average molecular weight is 663 g/mol. The molecule has 0 aromatic heterocycles. The molecule has 0 aromatic rings. The van der Waals surface area contributed by atoms with Gasteiger partial charge in [0.25, 0.3) is 0 Å². The van der Waals surface area contributed by atoms with E-state index in [1.807, 2.05) is 0 Å². The van der Waals surface area contributed by atoms with Crippen LogP contribution in [0.2, 0.25) is 0 Å². The highest BCUT2D eigenvalue weighted by molar-refractivity contribution is 4.86. The zero-order valence-corrected chi connectivity index (χ0v) is 32.8. The first kappa shape index (κ1) is 43.0. The summed E-state index contributed by atoms with van der Waals surface area (Å²) in [6.07, 6.45) is 46.3. The number of ether oxygens (including phenoxy) is 3. The molecule has 3 heteroatoms. The van der Waals surface area contributed by atoms with Crippen molar-refractivity contribution in [3.05, 3.63) is 0 Å². The molecule has 2 heterocycles. The van der Waals surface area contributed by atoms with Crippen molar-refractivity contribution in [3.8, 4) is 0 Å². The summed E-state index contributed by atoms with van der Waals surface area (Å²) in [6, 6.07) is 0. The predicted octanol–water partition coefficient (Wildman–Crippen LogP) is 15.0. The second kappa shape index (κ2) is 28.6. The zero-order valence-electron chi connectivity index (χ0n) is 32.8. The monoisotopic (exact) mass is 663 g/mol. The Bertz CT molecular complexity index is 613. The topological polar surface area (TPSA) is 27.7 Å². The maximum Gasteiger partial charge on any atom is 0.173 e. The van der Waals surface area contributed by atoms with Crippen LogP contribution in [0.1, 0.15) is 246 Å². The van der Waals surface area contributed by atoms with Gasteiger partial charge in [-0.15, -0.1) is 0 Å². The van der Waals surface area contributed by atoms with Crippen LogP contribution in [0.25, 0.3) is 0 Å². The third-order valence-electron chi connectivity index (χ3n) is 12.0. The molecule has 2 aliphatic heterocycles. The third-order valence-corrected chi connectivity index (χ3v) is 12.0. The summed E-state index contributed by atoms with van der Waals surface area (Å²) in [7, 11) is 0. The summed E-state index contributed by atoms with van der Waals surface area (Å²) < 4.78 is 19.0. The Balaban J connectivity index is 1.47. The molecule has 0 bridgehead atoms. The molecule has 47 heavy (non-hydrogen) atoms. The van der Waals surface area contributed by atoms with Gasteiger partial charge in [-0.1, -0.05) is 207 Å². The molecular weight excluding hydrogens is 576 g/mol. The average Bonchev–Trinajstić information content (AvgIpc) is 3.05. The van der Waals surface area contributed by atoms with Crippen molar-refractivity contribution in [1.82, 2.24) is 0 Å². The molecule has 2 aliphatic rings. The van der Waals surface area contributed by atoms with Crippen LogP contribution in [0.15, 0.2) is 0 Å². The molecule has 0 spiro atoms.